The van der Waals surface area contributed by atoms with Gasteiger partial charge in [0.2, 0.25) is 5.91 Å². The van der Waals surface area contributed by atoms with E-state index in [1.807, 2.05) is 13.8 Å². The van der Waals surface area contributed by atoms with Gasteiger partial charge >= 0.3 is 0 Å². The fourth-order valence-electron chi connectivity index (χ4n) is 2.50. The Morgan fingerprint density at radius 2 is 2.19 bits per heavy atom. The summed E-state index contributed by atoms with van der Waals surface area (Å²) in [6.45, 7) is 5.90. The lowest BCUT2D eigenvalue weighted by molar-refractivity contribution is -0.122. The Morgan fingerprint density at radius 3 is 2.81 bits per heavy atom. The van der Waals surface area contributed by atoms with Gasteiger partial charge in [-0.05, 0) is 30.5 Å². The number of ether oxygens (including phenoxy) is 1. The molecule has 1 aliphatic rings. The third kappa shape index (κ3) is 3.73. The summed E-state index contributed by atoms with van der Waals surface area (Å²) < 4.78 is 19.4. The molecule has 116 valence electrons. The molecule has 2 N–H and O–H groups in total. The third-order valence-electron chi connectivity index (χ3n) is 3.53. The largest absolute Gasteiger partial charge is 0.490 e. The van der Waals surface area contributed by atoms with Gasteiger partial charge in [0.1, 0.15) is 0 Å². The topological polar surface area (TPSA) is 58.6 Å². The van der Waals surface area contributed by atoms with E-state index in [1.165, 1.54) is 6.07 Å². The second-order valence-corrected chi connectivity index (χ2v) is 5.95. The summed E-state index contributed by atoms with van der Waals surface area (Å²) in [5, 5.41) is 12.6. The Labute approximate surface area is 124 Å². The van der Waals surface area contributed by atoms with Crippen molar-refractivity contribution in [2.45, 2.75) is 45.8 Å². The minimum atomic E-state index is -0.765. The minimum Gasteiger partial charge on any atom is -0.490 e. The summed E-state index contributed by atoms with van der Waals surface area (Å²) in [5.41, 5.74) is 1.09. The number of fused-ring (bicyclic) bond motifs is 1. The molecule has 4 nitrogen and oxygen atoms in total. The van der Waals surface area contributed by atoms with E-state index >= 15 is 0 Å². The molecule has 21 heavy (non-hydrogen) atoms. The van der Waals surface area contributed by atoms with Gasteiger partial charge in [0.15, 0.2) is 11.6 Å². The lowest BCUT2D eigenvalue weighted by Gasteiger charge is -2.28. The molecule has 5 heteroatoms. The Bertz CT molecular complexity index is 528. The van der Waals surface area contributed by atoms with Crippen molar-refractivity contribution in [2.24, 2.45) is 5.92 Å². The number of hydrogen-bond donors (Lipinski definition) is 2. The highest BCUT2D eigenvalue weighted by Crippen LogP contribution is 2.36. The highest BCUT2D eigenvalue weighted by atomic mass is 19.1. The van der Waals surface area contributed by atoms with Crippen LogP contribution in [0.5, 0.6) is 5.75 Å². The van der Waals surface area contributed by atoms with Gasteiger partial charge in [-0.3, -0.25) is 4.79 Å². The van der Waals surface area contributed by atoms with Crippen molar-refractivity contribution in [2.75, 3.05) is 6.61 Å². The Kier molecular flexibility index (Phi) is 4.83. The lowest BCUT2D eigenvalue weighted by Crippen LogP contribution is -2.33. The summed E-state index contributed by atoms with van der Waals surface area (Å²) in [6.07, 6.45) is 0.267. The maximum Gasteiger partial charge on any atom is 0.220 e. The Hall–Kier alpha value is -1.62. The average molecular weight is 295 g/mol. The molecule has 0 radical (unpaired) electrons. The number of aliphatic hydroxyl groups is 1. The molecular formula is C16H22FNO3. The van der Waals surface area contributed by atoms with E-state index in [0.29, 0.717) is 30.6 Å². The predicted octanol–water partition coefficient (Wildman–Crippen LogP) is 2.86. The molecule has 0 saturated carbocycles. The fourth-order valence-corrected chi connectivity index (χ4v) is 2.50. The van der Waals surface area contributed by atoms with Crippen LogP contribution < -0.4 is 10.1 Å². The molecule has 0 aliphatic carbocycles. The van der Waals surface area contributed by atoms with Crippen molar-refractivity contribution in [3.05, 3.63) is 29.1 Å². The van der Waals surface area contributed by atoms with Crippen LogP contribution in [0.3, 0.4) is 0 Å². The molecule has 0 bridgehead atoms. The summed E-state index contributed by atoms with van der Waals surface area (Å²) in [7, 11) is 0. The first-order valence-electron chi connectivity index (χ1n) is 7.32. The van der Waals surface area contributed by atoms with E-state index in [2.05, 4.69) is 5.32 Å². The normalized spacial score (nSPS) is 18.9. The van der Waals surface area contributed by atoms with Crippen molar-refractivity contribution in [1.29, 1.82) is 0 Å². The molecule has 2 rings (SSSR count). The molecule has 0 aromatic heterocycles. The van der Waals surface area contributed by atoms with Crippen molar-refractivity contribution in [3.63, 3.8) is 0 Å². The van der Waals surface area contributed by atoms with Crippen molar-refractivity contribution >= 4 is 5.91 Å². The first-order chi connectivity index (χ1) is 9.88. The van der Waals surface area contributed by atoms with Crippen LogP contribution in [0.1, 0.15) is 56.9 Å². The predicted molar refractivity (Wildman–Crippen MR) is 77.5 cm³/mol. The van der Waals surface area contributed by atoms with E-state index in [0.717, 1.165) is 0 Å². The number of benzene rings is 1. The second kappa shape index (κ2) is 6.43. The molecule has 1 heterocycles. The molecule has 1 aliphatic heterocycles. The quantitative estimate of drug-likeness (QED) is 0.898. The van der Waals surface area contributed by atoms with Crippen molar-refractivity contribution in [3.8, 4) is 5.75 Å². The van der Waals surface area contributed by atoms with Crippen LogP contribution in [0.15, 0.2) is 12.1 Å². The van der Waals surface area contributed by atoms with Gasteiger partial charge in [-0.15, -0.1) is 0 Å². The molecule has 0 fully saturated rings. The molecule has 2 atom stereocenters. The van der Waals surface area contributed by atoms with Crippen LogP contribution in [0.4, 0.5) is 4.39 Å². The summed E-state index contributed by atoms with van der Waals surface area (Å²) in [5.74, 6) is -0.0951. The van der Waals surface area contributed by atoms with Gasteiger partial charge in [-0.1, -0.05) is 13.8 Å². The molecule has 1 aromatic rings. The SMILES string of the molecule is CC(C)CC(=O)NC1CCOc2c(F)cc(C(C)O)cc21. The monoisotopic (exact) mass is 295 g/mol. The first kappa shape index (κ1) is 15.8. The van der Waals surface area contributed by atoms with Crippen LogP contribution in [0.25, 0.3) is 0 Å². The zero-order valence-electron chi connectivity index (χ0n) is 12.6. The third-order valence-corrected chi connectivity index (χ3v) is 3.53. The average Bonchev–Trinajstić information content (AvgIpc) is 2.38. The zero-order valence-corrected chi connectivity index (χ0v) is 12.6. The number of carbonyl (C=O) groups is 1. The number of nitrogens with one attached hydrogen (secondary N) is 1. The van der Waals surface area contributed by atoms with Crippen LogP contribution >= 0.6 is 0 Å². The van der Waals surface area contributed by atoms with E-state index < -0.39 is 11.9 Å². The van der Waals surface area contributed by atoms with Gasteiger partial charge in [0, 0.05) is 18.4 Å². The van der Waals surface area contributed by atoms with Crippen LogP contribution in [-0.2, 0) is 4.79 Å². The molecule has 0 spiro atoms. The summed E-state index contributed by atoms with van der Waals surface area (Å²) in [6, 6.07) is 2.72. The van der Waals surface area contributed by atoms with E-state index in [-0.39, 0.29) is 23.6 Å². The van der Waals surface area contributed by atoms with Gasteiger partial charge in [0.25, 0.3) is 0 Å². The van der Waals surface area contributed by atoms with Gasteiger partial charge < -0.3 is 15.2 Å². The molecular weight excluding hydrogens is 273 g/mol. The van der Waals surface area contributed by atoms with Gasteiger partial charge in [0.05, 0.1) is 18.8 Å². The van der Waals surface area contributed by atoms with Crippen LogP contribution in [-0.4, -0.2) is 17.6 Å². The fraction of sp³-hybridized carbons (Fsp3) is 0.562. The highest BCUT2D eigenvalue weighted by Gasteiger charge is 2.27. The number of amides is 1. The van der Waals surface area contributed by atoms with Gasteiger partial charge in [-0.25, -0.2) is 4.39 Å². The van der Waals surface area contributed by atoms with Crippen LogP contribution in [0.2, 0.25) is 0 Å². The standard InChI is InChI=1S/C16H22FNO3/c1-9(2)6-15(20)18-14-4-5-21-16-12(14)7-11(10(3)19)8-13(16)17/h7-10,14,19H,4-6H2,1-3H3,(H,18,20). The van der Waals surface area contributed by atoms with Crippen molar-refractivity contribution < 1.29 is 19.0 Å². The molecule has 1 amide bonds. The zero-order chi connectivity index (χ0) is 15.6. The second-order valence-electron chi connectivity index (χ2n) is 5.95. The number of rotatable bonds is 4. The maximum atomic E-state index is 14.1. The maximum absolute atomic E-state index is 14.1. The molecule has 2 unspecified atom stereocenters. The smallest absolute Gasteiger partial charge is 0.220 e. The Balaban J connectivity index is 2.27. The van der Waals surface area contributed by atoms with E-state index in [4.69, 9.17) is 4.74 Å². The number of hydrogen-bond acceptors (Lipinski definition) is 3. The van der Waals surface area contributed by atoms with Gasteiger partial charge in [-0.2, -0.15) is 0 Å². The number of aliphatic hydroxyl groups excluding tert-OH is 1. The lowest BCUT2D eigenvalue weighted by atomic mass is 9.96. The minimum absolute atomic E-state index is 0.0503. The van der Waals surface area contributed by atoms with E-state index in [9.17, 15) is 14.3 Å². The van der Waals surface area contributed by atoms with E-state index in [1.54, 1.807) is 13.0 Å². The summed E-state index contributed by atoms with van der Waals surface area (Å²) in [4.78, 5) is 11.9. The molecule has 0 saturated heterocycles. The van der Waals surface area contributed by atoms with Crippen molar-refractivity contribution in [1.82, 2.24) is 5.32 Å². The highest BCUT2D eigenvalue weighted by molar-refractivity contribution is 5.76. The Morgan fingerprint density at radius 1 is 1.48 bits per heavy atom. The van der Waals surface area contributed by atoms with Crippen LogP contribution in [0, 0.1) is 11.7 Å². The molecule has 1 aromatic carbocycles. The first-order valence-corrected chi connectivity index (χ1v) is 7.32. The number of carbonyl (C=O) groups excluding carboxylic acids is 1. The summed E-state index contributed by atoms with van der Waals surface area (Å²) >= 11 is 0. The number of halogens is 1.